The number of rotatable bonds is 14. The van der Waals surface area contributed by atoms with Crippen LogP contribution in [0.4, 0.5) is 24.8 Å². The lowest BCUT2D eigenvalue weighted by atomic mass is 9.76. The molecule has 11 nitrogen and oxygen atoms in total. The van der Waals surface area contributed by atoms with Crippen molar-refractivity contribution in [3.8, 4) is 5.75 Å². The molecule has 2 saturated heterocycles. The molecule has 288 valence electrons. The second-order valence-corrected chi connectivity index (χ2v) is 13.7. The van der Waals surface area contributed by atoms with Crippen LogP contribution >= 0.6 is 0 Å². The average molecular weight is 747 g/mol. The van der Waals surface area contributed by atoms with E-state index in [0.717, 1.165) is 81.1 Å². The standard InChI is InChI=1S/C40H49F3N8O3/c1-5-54-27-26-50-35-15-10-9-14-34(35)45-38(50)48-21-11-20-47(24-25-48)22-18-39(31-12-7-6-8-13-31)19-23-49(29-39)37(52)33-28-32(16-17-36(33)53-4)51(46-44-3)30(2)40(41,42)43/h6-10,12-17,28H,2,5,11,18-27,29H2,1,3-4H3. The summed E-state index contributed by atoms with van der Waals surface area (Å²) < 4.78 is 54.6. The maximum atomic E-state index is 14.2. The number of benzene rings is 3. The zero-order valence-electron chi connectivity index (χ0n) is 31.3. The van der Waals surface area contributed by atoms with Crippen LogP contribution in [0.2, 0.25) is 0 Å². The average Bonchev–Trinajstić information content (AvgIpc) is 3.70. The molecule has 0 aliphatic carbocycles. The molecule has 0 spiro atoms. The zero-order valence-corrected chi connectivity index (χ0v) is 31.3. The van der Waals surface area contributed by atoms with Crippen molar-refractivity contribution in [2.45, 2.75) is 44.3 Å². The number of hydrogen-bond donors (Lipinski definition) is 0. The van der Waals surface area contributed by atoms with Crippen LogP contribution in [0, 0.1) is 0 Å². The number of fused-ring (bicyclic) bond motifs is 1. The molecule has 0 radical (unpaired) electrons. The summed E-state index contributed by atoms with van der Waals surface area (Å²) in [4.78, 5) is 26.0. The fourth-order valence-electron chi connectivity index (χ4n) is 7.65. The molecule has 6 rings (SSSR count). The van der Waals surface area contributed by atoms with Crippen LogP contribution in [0.5, 0.6) is 5.75 Å². The van der Waals surface area contributed by atoms with Crippen LogP contribution in [-0.2, 0) is 16.7 Å². The summed E-state index contributed by atoms with van der Waals surface area (Å²) in [5.74, 6) is 0.911. The molecule has 4 aromatic rings. The van der Waals surface area contributed by atoms with Crippen LogP contribution in [0.25, 0.3) is 11.0 Å². The lowest BCUT2D eigenvalue weighted by molar-refractivity contribution is -0.0931. The lowest BCUT2D eigenvalue weighted by Gasteiger charge is -2.33. The van der Waals surface area contributed by atoms with Gasteiger partial charge in [0.25, 0.3) is 5.91 Å². The number of amides is 1. The number of para-hydroxylation sites is 2. The fourth-order valence-corrected chi connectivity index (χ4v) is 7.65. The Morgan fingerprint density at radius 3 is 2.52 bits per heavy atom. The van der Waals surface area contributed by atoms with Crippen molar-refractivity contribution in [2.75, 3.05) is 83.1 Å². The smallest absolute Gasteiger partial charge is 0.432 e. The van der Waals surface area contributed by atoms with Crippen molar-refractivity contribution in [1.29, 1.82) is 0 Å². The van der Waals surface area contributed by atoms with E-state index < -0.39 is 11.9 Å². The second kappa shape index (κ2) is 17.0. The number of carbonyl (C=O) groups is 1. The summed E-state index contributed by atoms with van der Waals surface area (Å²) >= 11 is 0. The summed E-state index contributed by atoms with van der Waals surface area (Å²) in [5.41, 5.74) is 1.86. The Balaban J connectivity index is 1.19. The van der Waals surface area contributed by atoms with Crippen molar-refractivity contribution in [2.24, 2.45) is 10.3 Å². The van der Waals surface area contributed by atoms with Gasteiger partial charge in [0, 0.05) is 51.3 Å². The molecule has 1 unspecified atom stereocenters. The minimum atomic E-state index is -4.76. The number of anilines is 2. The largest absolute Gasteiger partial charge is 0.496 e. The zero-order chi connectivity index (χ0) is 38.3. The van der Waals surface area contributed by atoms with Gasteiger partial charge in [0.1, 0.15) is 11.4 Å². The number of allylic oxidation sites excluding steroid dienone is 1. The summed E-state index contributed by atoms with van der Waals surface area (Å²) in [6.07, 6.45) is -2.19. The Labute approximate surface area is 314 Å². The van der Waals surface area contributed by atoms with Crippen molar-refractivity contribution in [1.82, 2.24) is 19.4 Å². The first-order valence-corrected chi connectivity index (χ1v) is 18.5. The topological polar surface area (TPSA) is 91.0 Å². The molecule has 1 atom stereocenters. The molecule has 54 heavy (non-hydrogen) atoms. The molecular formula is C40H49F3N8O3. The van der Waals surface area contributed by atoms with E-state index in [1.165, 1.54) is 32.4 Å². The quantitative estimate of drug-likeness (QED) is 0.0758. The highest BCUT2D eigenvalue weighted by Crippen LogP contribution is 2.40. The number of aromatic nitrogens is 2. The number of imidazole rings is 1. The van der Waals surface area contributed by atoms with Crippen molar-refractivity contribution in [3.05, 3.63) is 96.2 Å². The third-order valence-electron chi connectivity index (χ3n) is 10.5. The Kier molecular flexibility index (Phi) is 12.2. The first-order valence-electron chi connectivity index (χ1n) is 18.5. The van der Waals surface area contributed by atoms with Gasteiger partial charge in [-0.1, -0.05) is 54.3 Å². The van der Waals surface area contributed by atoms with Gasteiger partial charge in [0.2, 0.25) is 5.95 Å². The van der Waals surface area contributed by atoms with Gasteiger partial charge in [0.05, 0.1) is 43.0 Å². The van der Waals surface area contributed by atoms with E-state index in [0.29, 0.717) is 31.3 Å². The van der Waals surface area contributed by atoms with E-state index in [-0.39, 0.29) is 28.3 Å². The van der Waals surface area contributed by atoms with Gasteiger partial charge in [-0.05, 0) is 75.2 Å². The highest BCUT2D eigenvalue weighted by Gasteiger charge is 2.43. The maximum Gasteiger partial charge on any atom is 0.432 e. The van der Waals surface area contributed by atoms with E-state index in [1.54, 1.807) is 4.90 Å². The van der Waals surface area contributed by atoms with Crippen molar-refractivity contribution < 1.29 is 27.4 Å². The molecule has 3 aromatic carbocycles. The van der Waals surface area contributed by atoms with E-state index in [1.807, 2.05) is 37.3 Å². The number of likely N-dealkylation sites (tertiary alicyclic amines) is 1. The van der Waals surface area contributed by atoms with Crippen LogP contribution in [0.1, 0.15) is 42.1 Å². The maximum absolute atomic E-state index is 14.2. The third-order valence-corrected chi connectivity index (χ3v) is 10.5. The molecule has 1 amide bonds. The van der Waals surface area contributed by atoms with Crippen molar-refractivity contribution >= 4 is 28.6 Å². The SMILES string of the molecule is C=C(N(N=NC)c1ccc(OC)c(C(=O)N2CCC(CCN3CCCN(c4nc5ccccc5n4CCOCC)CC3)(c3ccccc3)C2)c1)C(F)(F)F. The summed E-state index contributed by atoms with van der Waals surface area (Å²) in [6, 6.07) is 22.8. The molecule has 2 aliphatic rings. The molecule has 0 saturated carbocycles. The van der Waals surface area contributed by atoms with Gasteiger partial charge >= 0.3 is 6.18 Å². The van der Waals surface area contributed by atoms with Gasteiger partial charge < -0.3 is 28.7 Å². The highest BCUT2D eigenvalue weighted by molar-refractivity contribution is 5.98. The number of nitrogens with zero attached hydrogens (tertiary/aromatic N) is 8. The van der Waals surface area contributed by atoms with E-state index in [2.05, 4.69) is 55.5 Å². The minimum absolute atomic E-state index is 0.000614. The van der Waals surface area contributed by atoms with Gasteiger partial charge in [-0.25, -0.2) is 9.99 Å². The number of halogens is 3. The van der Waals surface area contributed by atoms with Gasteiger partial charge in [-0.15, -0.1) is 0 Å². The van der Waals surface area contributed by atoms with Crippen LogP contribution in [0.15, 0.2) is 95.4 Å². The van der Waals surface area contributed by atoms with Crippen LogP contribution < -0.4 is 14.6 Å². The van der Waals surface area contributed by atoms with Crippen molar-refractivity contribution in [3.63, 3.8) is 0 Å². The summed E-state index contributed by atoms with van der Waals surface area (Å²) in [7, 11) is 2.70. The van der Waals surface area contributed by atoms with Gasteiger partial charge in [0.15, 0.2) is 0 Å². The number of ether oxygens (including phenoxy) is 2. The first kappa shape index (κ1) is 38.8. The third kappa shape index (κ3) is 8.39. The monoisotopic (exact) mass is 746 g/mol. The first-order chi connectivity index (χ1) is 26.1. The van der Waals surface area contributed by atoms with Crippen LogP contribution in [-0.4, -0.2) is 105 Å². The van der Waals surface area contributed by atoms with E-state index in [9.17, 15) is 18.0 Å². The molecule has 3 heterocycles. The van der Waals surface area contributed by atoms with E-state index >= 15 is 0 Å². The number of carbonyl (C=O) groups excluding carboxylic acids is 1. The Morgan fingerprint density at radius 1 is 1.00 bits per heavy atom. The predicted molar refractivity (Wildman–Crippen MR) is 204 cm³/mol. The number of alkyl halides is 3. The molecule has 1 aromatic heterocycles. The molecule has 0 N–H and O–H groups in total. The summed E-state index contributed by atoms with van der Waals surface area (Å²) in [6.45, 7) is 12.6. The minimum Gasteiger partial charge on any atom is -0.496 e. The summed E-state index contributed by atoms with van der Waals surface area (Å²) in [5, 5.41) is 7.80. The molecule has 0 bridgehead atoms. The number of methoxy groups -OCH3 is 1. The second-order valence-electron chi connectivity index (χ2n) is 13.7. The predicted octanol–water partition coefficient (Wildman–Crippen LogP) is 7.35. The molecule has 2 fully saturated rings. The van der Waals surface area contributed by atoms with Gasteiger partial charge in [-0.2, -0.15) is 18.3 Å². The van der Waals surface area contributed by atoms with E-state index in [4.69, 9.17) is 14.5 Å². The number of hydrogen-bond acceptors (Lipinski definition) is 8. The molecule has 2 aliphatic heterocycles. The molecule has 14 heteroatoms. The Morgan fingerprint density at radius 2 is 1.78 bits per heavy atom. The normalized spacial score (nSPS) is 18.4. The lowest BCUT2D eigenvalue weighted by Crippen LogP contribution is -2.39. The Bertz CT molecular complexity index is 1930. The van der Waals surface area contributed by atoms with Gasteiger partial charge in [-0.3, -0.25) is 4.79 Å². The van der Waals surface area contributed by atoms with Crippen LogP contribution in [0.3, 0.4) is 0 Å². The highest BCUT2D eigenvalue weighted by atomic mass is 19.4. The molecular weight excluding hydrogens is 697 g/mol. The fraction of sp³-hybridized carbons (Fsp3) is 0.450. The Hall–Kier alpha value is -4.95.